The SMILES string of the molecule is C1CCNNC1.C1CCSC1.C1CN2CCC2S1.C1CSCCN1.C1CSCCO1.C1CSCCS1.Cc1cc(=O)[nH]c(=O)[nH]1.NC1C=CNC(=O)N1.O=S1(=O)NCc2ccccc21.O=c1cc[nH]c(=O)[nH]1.O=c1ccc2ccccc2o1.c1ccc2c(c1)CNC2.c1ccc2c(c1)CNS2.c1ccc2c(c1)COC2. The molecule has 14 N–H and O–H groups in total. The van der Waals surface area contributed by atoms with E-state index in [1.54, 1.807) is 49.2 Å². The summed E-state index contributed by atoms with van der Waals surface area (Å²) in [5, 5.41) is 13.3. The largest absolute Gasteiger partial charge is 0.423 e. The van der Waals surface area contributed by atoms with Crippen LogP contribution in [0.1, 0.15) is 71.2 Å². The van der Waals surface area contributed by atoms with Crippen LogP contribution in [0.5, 0.6) is 0 Å². The summed E-state index contributed by atoms with van der Waals surface area (Å²) in [6, 6.07) is 45.2. The van der Waals surface area contributed by atoms with E-state index in [2.05, 4.69) is 164 Å². The van der Waals surface area contributed by atoms with Crippen molar-refractivity contribution in [3.8, 4) is 0 Å². The van der Waals surface area contributed by atoms with Gasteiger partial charge in [0, 0.05) is 164 Å². The number of urea groups is 1. The Morgan fingerprint density at radius 3 is 1.56 bits per heavy atom. The van der Waals surface area contributed by atoms with Crippen molar-refractivity contribution in [1.29, 1.82) is 0 Å². The number of aryl methyl sites for hydroxylation is 1. The van der Waals surface area contributed by atoms with Crippen LogP contribution in [0.3, 0.4) is 0 Å². The second kappa shape index (κ2) is 55.2. The number of nitrogens with zero attached hydrogens (tertiary/aromatic N) is 1. The molecule has 12 aliphatic heterocycles. The average Bonchev–Trinajstić information content (AvgIpc) is 1.65. The van der Waals surface area contributed by atoms with Crippen LogP contribution in [-0.2, 0) is 58.9 Å². The number of carbonyl (C=O) groups excluding carboxylic acids is 1. The maximum atomic E-state index is 11.1. The second-order valence-corrected chi connectivity index (χ2v) is 34.9. The Kier molecular flexibility index (Phi) is 45.6. The molecule has 8 aromatic rings. The van der Waals surface area contributed by atoms with Gasteiger partial charge in [-0.05, 0) is 126 Å². The van der Waals surface area contributed by atoms with Crippen LogP contribution in [0.15, 0.2) is 202 Å². The fourth-order valence-corrected chi connectivity index (χ4v) is 18.7. The summed E-state index contributed by atoms with van der Waals surface area (Å²) < 4.78 is 43.1. The molecular formula is C77H106N14O11S8. The van der Waals surface area contributed by atoms with Gasteiger partial charge in [-0.15, -0.1) is 11.8 Å². The number of ether oxygens (including phenoxy) is 2. The summed E-state index contributed by atoms with van der Waals surface area (Å²) in [7, 11) is -3.16. The molecule has 0 saturated carbocycles. The molecule has 7 saturated heterocycles. The zero-order valence-corrected chi connectivity index (χ0v) is 68.8. The van der Waals surface area contributed by atoms with Gasteiger partial charge in [-0.3, -0.25) is 40.0 Å². The highest BCUT2D eigenvalue weighted by Gasteiger charge is 2.32. The Hall–Kier alpha value is -6.32. The third-order valence-electron chi connectivity index (χ3n) is 16.3. The van der Waals surface area contributed by atoms with E-state index in [0.717, 1.165) is 75.5 Å². The quantitative estimate of drug-likeness (QED) is 0.0496. The molecule has 0 radical (unpaired) electrons. The Bertz CT molecular complexity index is 4010. The van der Waals surface area contributed by atoms with E-state index < -0.39 is 21.4 Å². The highest BCUT2D eigenvalue weighted by atomic mass is 32.2. The summed E-state index contributed by atoms with van der Waals surface area (Å²) in [6.07, 6.45) is 11.2. The topological polar surface area (TPSA) is 357 Å². The van der Waals surface area contributed by atoms with E-state index in [4.69, 9.17) is 19.6 Å². The number of hydrogen-bond donors (Lipinski definition) is 13. The molecule has 5 aromatic carbocycles. The molecule has 33 heteroatoms. The average molecular weight is 1660 g/mol. The third-order valence-corrected chi connectivity index (χ3v) is 25.6. The van der Waals surface area contributed by atoms with Gasteiger partial charge in [0.15, 0.2) is 0 Å². The second-order valence-electron chi connectivity index (χ2n) is 24.8. The van der Waals surface area contributed by atoms with Crippen LogP contribution < -0.4 is 75.4 Å². The lowest BCUT2D eigenvalue weighted by molar-refractivity contribution is 0.134. The minimum Gasteiger partial charge on any atom is -0.423 e. The van der Waals surface area contributed by atoms with Crippen molar-refractivity contribution >= 4 is 110 Å². The zero-order chi connectivity index (χ0) is 77.9. The standard InChI is InChI=1S/C9H6O2.C8H9N.C8H8O.C7H7NO2S.C7H7NS.C5H6N2O2.C5H9NS.C4H7N3O.C4H4N2O2.C4H10N2.C4H9NS.C4H8OS.C4H8S2.C4H8S/c10-9-6-5-7-3-1-2-4-8(7)11-9;2*1-2-4-8-6-9-5-7(8)3-1;9-11(10)7-4-2-1-3-6(7)5-8-11;1-2-4-7-6(3-1)5-8-9-7;1-3-2-4(8)7-5(9)6-3;1-2-6-3-4-7-5(1)6;5-3-1-2-6-4(8)7-3;7-3-1-2-5-4(8)6-3;1-2-4-6-5-3-1;2*1-3-6-4-2-5-1;1-2-6-4-3-5-1;1-2-4-5-3-1/h1-6H;1-4,9H,5-6H2;1-4H,5-6H2;1-4,8H,5H2;1-4,8H,5H2;2H,1H3,(H2,6,7,8,9);5H,1-4H2;1-3H,5H2,(H2,6,7,8);1-2H,(H2,5,6,7,8);5-6H,1-4H2;5H,1-4H2;2*1-4H2;1-4H2. The number of carbonyl (C=O) groups is 1. The molecule has 20 rings (SSSR count). The maximum absolute atomic E-state index is 11.1. The molecule has 598 valence electrons. The molecule has 2 amide bonds. The number of amides is 2. The monoisotopic (exact) mass is 1660 g/mol. The highest BCUT2D eigenvalue weighted by Crippen LogP contribution is 2.33. The van der Waals surface area contributed by atoms with E-state index >= 15 is 0 Å². The molecule has 0 bridgehead atoms. The van der Waals surface area contributed by atoms with Crippen molar-refractivity contribution in [3.63, 3.8) is 0 Å². The fraction of sp³-hybridized carbons (Fsp3) is 0.429. The summed E-state index contributed by atoms with van der Waals surface area (Å²) >= 11 is 14.1. The summed E-state index contributed by atoms with van der Waals surface area (Å²) in [5.41, 5.74) is 18.4. The number of aromatic amines is 4. The van der Waals surface area contributed by atoms with E-state index in [1.165, 1.54) is 185 Å². The van der Waals surface area contributed by atoms with Crippen molar-refractivity contribution in [2.45, 2.75) is 99.8 Å². The number of hydrogen-bond acceptors (Lipinski definition) is 25. The summed E-state index contributed by atoms with van der Waals surface area (Å²) in [5.74, 6) is 14.7. The highest BCUT2D eigenvalue weighted by molar-refractivity contribution is 8.06. The normalized spacial score (nSPS) is 19.1. The maximum Gasteiger partial charge on any atom is 0.336 e. The minimum absolute atomic E-state index is 0.250. The predicted molar refractivity (Wildman–Crippen MR) is 460 cm³/mol. The van der Waals surface area contributed by atoms with E-state index in [1.807, 2.05) is 76.0 Å². The van der Waals surface area contributed by atoms with Gasteiger partial charge in [0.05, 0.1) is 42.9 Å². The number of benzene rings is 5. The van der Waals surface area contributed by atoms with Gasteiger partial charge in [0.25, 0.3) is 11.1 Å². The van der Waals surface area contributed by atoms with Gasteiger partial charge < -0.3 is 50.9 Å². The number of rotatable bonds is 0. The number of nitrogens with one attached hydrogen (secondary N) is 12. The number of thioether (sulfide) groups is 6. The lowest BCUT2D eigenvalue weighted by Crippen LogP contribution is -2.47. The molecule has 2 atom stereocenters. The number of nitrogens with two attached hydrogens (primary N) is 1. The van der Waals surface area contributed by atoms with Gasteiger partial charge in [-0.2, -0.15) is 58.8 Å². The first-order chi connectivity index (χ1) is 53.7. The van der Waals surface area contributed by atoms with Crippen LogP contribution >= 0.6 is 82.5 Å². The smallest absolute Gasteiger partial charge is 0.336 e. The Labute approximate surface area is 674 Å². The Morgan fingerprint density at radius 1 is 0.518 bits per heavy atom. The predicted octanol–water partition coefficient (Wildman–Crippen LogP) is 9.30. The van der Waals surface area contributed by atoms with Gasteiger partial charge in [0.1, 0.15) is 5.58 Å². The first-order valence-corrected chi connectivity index (χ1v) is 45.8. The van der Waals surface area contributed by atoms with E-state index in [-0.39, 0.29) is 28.9 Å². The molecule has 12 aliphatic rings. The van der Waals surface area contributed by atoms with Crippen molar-refractivity contribution in [2.75, 3.05) is 116 Å². The van der Waals surface area contributed by atoms with Crippen LogP contribution in [-0.4, -0.2) is 167 Å². The number of H-pyrrole nitrogens is 4. The van der Waals surface area contributed by atoms with Gasteiger partial charge >= 0.3 is 23.0 Å². The molecule has 2 unspecified atom stereocenters. The number of para-hydroxylation sites is 1. The van der Waals surface area contributed by atoms with Gasteiger partial charge in [0.2, 0.25) is 10.0 Å². The number of aromatic nitrogens is 4. The van der Waals surface area contributed by atoms with Crippen LogP contribution in [0, 0.1) is 6.92 Å². The zero-order valence-electron chi connectivity index (χ0n) is 62.2. The fourth-order valence-electron chi connectivity index (χ4n) is 10.6. The molecule has 15 heterocycles. The third kappa shape index (κ3) is 38.5. The molecule has 3 aromatic heterocycles. The Balaban J connectivity index is 0.000000166. The first kappa shape index (κ1) is 90.9. The molecule has 7 fully saturated rings. The number of fused-ring (bicyclic) bond motifs is 6. The van der Waals surface area contributed by atoms with Crippen LogP contribution in [0.25, 0.3) is 11.0 Å². The van der Waals surface area contributed by atoms with Crippen molar-refractivity contribution in [1.82, 2.24) is 66.4 Å². The molecule has 110 heavy (non-hydrogen) atoms. The van der Waals surface area contributed by atoms with Gasteiger partial charge in [-0.25, -0.2) is 32.3 Å². The minimum atomic E-state index is -3.16. The molecule has 0 aliphatic carbocycles. The Morgan fingerprint density at radius 2 is 1.11 bits per heavy atom. The van der Waals surface area contributed by atoms with Crippen LogP contribution in [0.4, 0.5) is 4.79 Å². The molecular weight excluding hydrogens is 1550 g/mol. The molecule has 0 spiro atoms. The summed E-state index contributed by atoms with van der Waals surface area (Å²) in [4.78, 5) is 75.3. The lowest BCUT2D eigenvalue weighted by Gasteiger charge is -2.33. The number of hydrazine groups is 1. The lowest BCUT2D eigenvalue weighted by atomic mass is 10.1. The van der Waals surface area contributed by atoms with Gasteiger partial charge in [-0.1, -0.05) is 103 Å². The van der Waals surface area contributed by atoms with Crippen LogP contribution in [0.2, 0.25) is 0 Å². The van der Waals surface area contributed by atoms with Crippen molar-refractivity contribution in [3.05, 3.63) is 255 Å². The van der Waals surface area contributed by atoms with E-state index in [9.17, 15) is 37.2 Å². The van der Waals surface area contributed by atoms with E-state index in [0.29, 0.717) is 22.7 Å². The summed E-state index contributed by atoms with van der Waals surface area (Å²) in [6.45, 7) is 16.2. The molecule has 25 nitrogen and oxygen atoms in total. The number of sulfonamides is 1. The van der Waals surface area contributed by atoms with Crippen molar-refractivity contribution in [2.24, 2.45) is 5.73 Å². The first-order valence-electron chi connectivity index (χ1n) is 36.7. The van der Waals surface area contributed by atoms with Crippen molar-refractivity contribution < 1.29 is 27.1 Å².